The van der Waals surface area contributed by atoms with Crippen LogP contribution in [-0.2, 0) is 9.53 Å². The van der Waals surface area contributed by atoms with Crippen LogP contribution in [0, 0.1) is 0 Å². The molecule has 1 amide bonds. The zero-order chi connectivity index (χ0) is 13.5. The van der Waals surface area contributed by atoms with Crippen molar-refractivity contribution < 1.29 is 9.53 Å². The van der Waals surface area contributed by atoms with E-state index in [1.165, 1.54) is 6.08 Å². The lowest BCUT2D eigenvalue weighted by atomic mass is 10.2. The maximum atomic E-state index is 11.6. The van der Waals surface area contributed by atoms with Gasteiger partial charge in [-0.2, -0.15) is 0 Å². The van der Waals surface area contributed by atoms with Gasteiger partial charge < -0.3 is 15.8 Å². The number of benzene rings is 1. The summed E-state index contributed by atoms with van der Waals surface area (Å²) in [5.74, 6) is -0.0829. The second-order valence-corrected chi connectivity index (χ2v) is 4.72. The van der Waals surface area contributed by atoms with Crippen molar-refractivity contribution in [1.29, 1.82) is 0 Å². The molecule has 1 aliphatic rings. The van der Waals surface area contributed by atoms with E-state index in [0.29, 0.717) is 18.3 Å². The summed E-state index contributed by atoms with van der Waals surface area (Å²) in [7, 11) is 0. The van der Waals surface area contributed by atoms with Crippen LogP contribution in [0.15, 0.2) is 30.3 Å². The summed E-state index contributed by atoms with van der Waals surface area (Å²) in [6, 6.07) is 7.42. The molecule has 1 fully saturated rings. The van der Waals surface area contributed by atoms with Gasteiger partial charge in [0.2, 0.25) is 5.91 Å². The Morgan fingerprint density at radius 3 is 3.16 bits per heavy atom. The van der Waals surface area contributed by atoms with E-state index in [0.717, 1.165) is 31.4 Å². The molecule has 1 aromatic carbocycles. The van der Waals surface area contributed by atoms with Gasteiger partial charge in [0.05, 0.1) is 6.10 Å². The number of nitrogens with one attached hydrogen (secondary N) is 1. The van der Waals surface area contributed by atoms with Crippen molar-refractivity contribution in [2.45, 2.75) is 25.4 Å². The van der Waals surface area contributed by atoms with Gasteiger partial charge in [0.1, 0.15) is 0 Å². The molecule has 19 heavy (non-hydrogen) atoms. The number of hydrogen-bond acceptors (Lipinski definition) is 3. The predicted molar refractivity (Wildman–Crippen MR) is 76.5 cm³/mol. The highest BCUT2D eigenvalue weighted by Crippen LogP contribution is 2.14. The monoisotopic (exact) mass is 260 g/mol. The van der Waals surface area contributed by atoms with Crippen LogP contribution in [0.3, 0.4) is 0 Å². The number of ether oxygens (including phenoxy) is 1. The van der Waals surface area contributed by atoms with Crippen LogP contribution in [0.2, 0.25) is 0 Å². The fraction of sp³-hybridized carbons (Fsp3) is 0.400. The van der Waals surface area contributed by atoms with Crippen molar-refractivity contribution in [3.63, 3.8) is 0 Å². The van der Waals surface area contributed by atoms with Crippen LogP contribution in [0.5, 0.6) is 0 Å². The van der Waals surface area contributed by atoms with Gasteiger partial charge in [0.25, 0.3) is 0 Å². The summed E-state index contributed by atoms with van der Waals surface area (Å²) in [6.07, 6.45) is 6.74. The fourth-order valence-electron chi connectivity index (χ4n) is 2.12. The first-order chi connectivity index (χ1) is 9.24. The van der Waals surface area contributed by atoms with Crippen LogP contribution in [0.1, 0.15) is 24.8 Å². The van der Waals surface area contributed by atoms with Crippen molar-refractivity contribution in [2.24, 2.45) is 0 Å². The van der Waals surface area contributed by atoms with E-state index >= 15 is 0 Å². The Morgan fingerprint density at radius 2 is 2.42 bits per heavy atom. The van der Waals surface area contributed by atoms with Crippen molar-refractivity contribution in [2.75, 3.05) is 18.9 Å². The quantitative estimate of drug-likeness (QED) is 0.628. The van der Waals surface area contributed by atoms with Crippen LogP contribution in [0.4, 0.5) is 5.69 Å². The number of anilines is 1. The third-order valence-electron chi connectivity index (χ3n) is 3.13. The van der Waals surface area contributed by atoms with Gasteiger partial charge in [-0.3, -0.25) is 4.79 Å². The fourth-order valence-corrected chi connectivity index (χ4v) is 2.12. The number of carbonyl (C=O) groups excluding carboxylic acids is 1. The minimum atomic E-state index is -0.0829. The summed E-state index contributed by atoms with van der Waals surface area (Å²) in [5.41, 5.74) is 7.29. The molecule has 1 atom stereocenters. The van der Waals surface area contributed by atoms with Crippen LogP contribution >= 0.6 is 0 Å². The Bertz CT molecular complexity index is 451. The van der Waals surface area contributed by atoms with Gasteiger partial charge in [0, 0.05) is 24.9 Å². The van der Waals surface area contributed by atoms with Gasteiger partial charge in [-0.05, 0) is 43.0 Å². The highest BCUT2D eigenvalue weighted by atomic mass is 16.5. The average molecular weight is 260 g/mol. The molecular weight excluding hydrogens is 240 g/mol. The number of nitrogen functional groups attached to an aromatic ring is 1. The summed E-state index contributed by atoms with van der Waals surface area (Å²) >= 11 is 0. The van der Waals surface area contributed by atoms with Gasteiger partial charge in [-0.1, -0.05) is 12.1 Å². The molecule has 102 valence electrons. The Balaban J connectivity index is 1.71. The van der Waals surface area contributed by atoms with Crippen molar-refractivity contribution in [3.8, 4) is 0 Å². The van der Waals surface area contributed by atoms with E-state index in [-0.39, 0.29) is 5.91 Å². The first-order valence-corrected chi connectivity index (χ1v) is 6.67. The molecule has 0 saturated carbocycles. The molecular formula is C15H20N2O2. The van der Waals surface area contributed by atoms with E-state index in [1.54, 1.807) is 6.08 Å². The van der Waals surface area contributed by atoms with Crippen LogP contribution in [-0.4, -0.2) is 25.2 Å². The summed E-state index contributed by atoms with van der Waals surface area (Å²) in [6.45, 7) is 1.51. The molecule has 3 N–H and O–H groups in total. The smallest absolute Gasteiger partial charge is 0.244 e. The molecule has 0 spiro atoms. The van der Waals surface area contributed by atoms with E-state index in [4.69, 9.17) is 10.5 Å². The molecule has 1 saturated heterocycles. The normalized spacial score (nSPS) is 18.8. The topological polar surface area (TPSA) is 64.4 Å². The van der Waals surface area contributed by atoms with Crippen LogP contribution in [0.25, 0.3) is 6.08 Å². The van der Waals surface area contributed by atoms with Crippen LogP contribution < -0.4 is 11.1 Å². The Kier molecular flexibility index (Phi) is 4.98. The summed E-state index contributed by atoms with van der Waals surface area (Å²) in [4.78, 5) is 11.6. The highest BCUT2D eigenvalue weighted by Gasteiger charge is 2.14. The molecule has 1 aliphatic heterocycles. The third-order valence-corrected chi connectivity index (χ3v) is 3.13. The van der Waals surface area contributed by atoms with E-state index < -0.39 is 0 Å². The standard InChI is InChI=1S/C15H20N2O2/c16-13-4-1-3-12(11-13)6-7-15(18)17-9-8-14-5-2-10-19-14/h1,3-4,6-7,11,14H,2,5,8-10,16H2,(H,17,18)/b7-6+. The molecule has 4 heteroatoms. The zero-order valence-corrected chi connectivity index (χ0v) is 11.0. The zero-order valence-electron chi connectivity index (χ0n) is 11.0. The summed E-state index contributed by atoms with van der Waals surface area (Å²) in [5, 5.41) is 2.86. The molecule has 0 bridgehead atoms. The first-order valence-electron chi connectivity index (χ1n) is 6.67. The maximum absolute atomic E-state index is 11.6. The van der Waals surface area contributed by atoms with Gasteiger partial charge in [-0.25, -0.2) is 0 Å². The SMILES string of the molecule is Nc1cccc(/C=C/C(=O)NCCC2CCCO2)c1. The average Bonchev–Trinajstić information content (AvgIpc) is 2.90. The molecule has 1 aromatic rings. The van der Waals surface area contributed by atoms with Gasteiger partial charge >= 0.3 is 0 Å². The molecule has 1 unspecified atom stereocenters. The van der Waals surface area contributed by atoms with E-state index in [1.807, 2.05) is 24.3 Å². The number of carbonyl (C=O) groups is 1. The lowest BCUT2D eigenvalue weighted by Gasteiger charge is -2.08. The minimum Gasteiger partial charge on any atom is -0.399 e. The third kappa shape index (κ3) is 4.75. The lowest BCUT2D eigenvalue weighted by Crippen LogP contribution is -2.25. The molecule has 0 aromatic heterocycles. The van der Waals surface area contributed by atoms with Gasteiger partial charge in [0.15, 0.2) is 0 Å². The van der Waals surface area contributed by atoms with Crippen molar-refractivity contribution >= 4 is 17.7 Å². The minimum absolute atomic E-state index is 0.0829. The second kappa shape index (κ2) is 6.95. The Morgan fingerprint density at radius 1 is 1.53 bits per heavy atom. The largest absolute Gasteiger partial charge is 0.399 e. The first kappa shape index (κ1) is 13.6. The number of amides is 1. The molecule has 0 radical (unpaired) electrons. The lowest BCUT2D eigenvalue weighted by molar-refractivity contribution is -0.116. The number of nitrogens with two attached hydrogens (primary N) is 1. The maximum Gasteiger partial charge on any atom is 0.244 e. The predicted octanol–water partition coefficient (Wildman–Crippen LogP) is 1.97. The number of rotatable bonds is 5. The molecule has 0 aliphatic carbocycles. The molecule has 4 nitrogen and oxygen atoms in total. The Labute approximate surface area is 113 Å². The number of hydrogen-bond donors (Lipinski definition) is 2. The highest BCUT2D eigenvalue weighted by molar-refractivity contribution is 5.91. The van der Waals surface area contributed by atoms with Gasteiger partial charge in [-0.15, -0.1) is 0 Å². The van der Waals surface area contributed by atoms with E-state index in [9.17, 15) is 4.79 Å². The van der Waals surface area contributed by atoms with Crippen molar-refractivity contribution in [1.82, 2.24) is 5.32 Å². The second-order valence-electron chi connectivity index (χ2n) is 4.72. The summed E-state index contributed by atoms with van der Waals surface area (Å²) < 4.78 is 5.49. The van der Waals surface area contributed by atoms with Crippen molar-refractivity contribution in [3.05, 3.63) is 35.9 Å². The molecule has 1 heterocycles. The Hall–Kier alpha value is -1.81. The van der Waals surface area contributed by atoms with E-state index in [2.05, 4.69) is 5.32 Å². The molecule has 2 rings (SSSR count).